The predicted octanol–water partition coefficient (Wildman–Crippen LogP) is 5.30. The second-order valence-electron chi connectivity index (χ2n) is 12.2. The number of alkyl halides is 3. The Labute approximate surface area is 262 Å². The number of anilines is 2. The quantitative estimate of drug-likeness (QED) is 0.280. The topological polar surface area (TPSA) is 131 Å². The number of hydrogen-bond acceptors (Lipinski definition) is 7. The molecular weight excluding hydrogens is 597 g/mol. The Kier molecular flexibility index (Phi) is 7.71. The van der Waals surface area contributed by atoms with E-state index >= 15 is 0 Å². The Balaban J connectivity index is 1.24. The lowest BCUT2D eigenvalue weighted by Gasteiger charge is -2.31. The number of carbonyl (C=O) groups excluding carboxylic acids is 2. The van der Waals surface area contributed by atoms with E-state index in [1.165, 1.54) is 0 Å². The first-order valence-corrected chi connectivity index (χ1v) is 15.4. The van der Waals surface area contributed by atoms with Crippen LogP contribution in [0.5, 0.6) is 0 Å². The number of hydrogen-bond donors (Lipinski definition) is 3. The summed E-state index contributed by atoms with van der Waals surface area (Å²) in [5.41, 5.74) is 8.92. The highest BCUT2D eigenvalue weighted by Crippen LogP contribution is 2.39. The van der Waals surface area contributed by atoms with E-state index in [9.17, 15) is 22.8 Å². The highest BCUT2D eigenvalue weighted by molar-refractivity contribution is 6.06. The van der Waals surface area contributed by atoms with Gasteiger partial charge in [-0.15, -0.1) is 0 Å². The summed E-state index contributed by atoms with van der Waals surface area (Å²) in [4.78, 5) is 36.7. The van der Waals surface area contributed by atoms with Gasteiger partial charge in [0.05, 0.1) is 28.4 Å². The van der Waals surface area contributed by atoms with Gasteiger partial charge < -0.3 is 16.4 Å². The lowest BCUT2D eigenvalue weighted by atomic mass is 9.90. The number of aromatic nitrogens is 4. The summed E-state index contributed by atoms with van der Waals surface area (Å²) in [6, 6.07) is 8.35. The monoisotopic (exact) mass is 630 g/mol. The molecule has 1 saturated carbocycles. The average molecular weight is 631 g/mol. The van der Waals surface area contributed by atoms with Crippen LogP contribution in [0.25, 0.3) is 28.2 Å². The van der Waals surface area contributed by atoms with Crippen LogP contribution in [0.1, 0.15) is 59.6 Å². The molecule has 4 atom stereocenters. The van der Waals surface area contributed by atoms with Gasteiger partial charge in [0.2, 0.25) is 5.91 Å². The zero-order valence-corrected chi connectivity index (χ0v) is 24.9. The van der Waals surface area contributed by atoms with Crippen LogP contribution >= 0.6 is 0 Å². The Morgan fingerprint density at radius 1 is 1.09 bits per heavy atom. The number of carbonyl (C=O) groups is 2. The Morgan fingerprint density at radius 2 is 1.91 bits per heavy atom. The summed E-state index contributed by atoms with van der Waals surface area (Å²) in [7, 11) is 0. The summed E-state index contributed by atoms with van der Waals surface area (Å²) in [5, 5.41) is 11.6. The molecule has 1 unspecified atom stereocenters. The number of nitrogens with zero attached hydrogens (tertiary/aromatic N) is 5. The molecule has 13 heteroatoms. The first-order valence-electron chi connectivity index (χ1n) is 15.4. The van der Waals surface area contributed by atoms with Crippen LogP contribution in [0.3, 0.4) is 0 Å². The number of nitrogens with one attached hydrogen (secondary N) is 2. The van der Waals surface area contributed by atoms with E-state index in [4.69, 9.17) is 10.8 Å². The standard InChI is InChI=1S/C33H33F3N8O2/c34-33(35,36)23-10-12-38-26(15-23)41-31(45)20-8-6-19(7-9-20)28-27-29-21(17-39-30(27)37)3-2-13-43-14-11-22(18-43)32(46)40-24-4-1-5-25(16-24)44(29)42-28/h2-3,6-10,12,15,17,22,24-25H,1,4-5,11,13-14,16,18H2,(H2,37,39)(H,40,46)(H,38,41,45)/b3-2+/t22-,24-,25-/m1/s1. The van der Waals surface area contributed by atoms with Gasteiger partial charge in [-0.25, -0.2) is 9.97 Å². The average Bonchev–Trinajstić information content (AvgIpc) is 3.68. The minimum absolute atomic E-state index is 0.000138. The first-order chi connectivity index (χ1) is 22.1. The van der Waals surface area contributed by atoms with Crippen LogP contribution in [0.15, 0.2) is 54.9 Å². The van der Waals surface area contributed by atoms with Crippen molar-refractivity contribution in [2.75, 3.05) is 30.7 Å². The normalized spacial score (nSPS) is 23.8. The van der Waals surface area contributed by atoms with Gasteiger partial charge >= 0.3 is 6.18 Å². The zero-order chi connectivity index (χ0) is 32.0. The Hall–Kier alpha value is -4.78. The summed E-state index contributed by atoms with van der Waals surface area (Å²) < 4.78 is 41.4. The number of fused-ring (bicyclic) bond motifs is 5. The third-order valence-corrected chi connectivity index (χ3v) is 9.18. The first kappa shape index (κ1) is 29.9. The largest absolute Gasteiger partial charge is 0.416 e. The Morgan fingerprint density at radius 3 is 2.72 bits per heavy atom. The van der Waals surface area contributed by atoms with E-state index in [1.54, 1.807) is 30.5 Å². The van der Waals surface area contributed by atoms with Gasteiger partial charge in [0.25, 0.3) is 5.91 Å². The molecule has 0 spiro atoms. The molecule has 2 aliphatic heterocycles. The highest BCUT2D eigenvalue weighted by atomic mass is 19.4. The van der Waals surface area contributed by atoms with Gasteiger partial charge in [0.1, 0.15) is 17.3 Å². The van der Waals surface area contributed by atoms with Gasteiger partial charge in [0, 0.05) is 48.2 Å². The summed E-state index contributed by atoms with van der Waals surface area (Å²) >= 11 is 0. The lowest BCUT2D eigenvalue weighted by molar-refractivity contribution is -0.137. The predicted molar refractivity (Wildman–Crippen MR) is 168 cm³/mol. The number of rotatable bonds is 3. The van der Waals surface area contributed by atoms with Gasteiger partial charge in [-0.2, -0.15) is 18.3 Å². The highest BCUT2D eigenvalue weighted by Gasteiger charge is 2.33. The molecular formula is C33H33F3N8O2. The molecule has 4 aromatic rings. The number of nitrogen functional groups attached to an aromatic ring is 1. The SMILES string of the molecule is Nc1ncc2c3c1c(-c1ccc(C(=O)Nc4cc(C(F)(F)F)ccn4)cc1)nn3[C@@H]1CCC[C@H](C1)NC(=O)[C@@H]1CCN(C/C=C/2)C1. The number of amides is 2. The molecule has 1 saturated heterocycles. The fourth-order valence-electron chi connectivity index (χ4n) is 6.83. The van der Waals surface area contributed by atoms with E-state index in [-0.39, 0.29) is 35.3 Å². The van der Waals surface area contributed by atoms with E-state index in [0.717, 1.165) is 74.6 Å². The smallest absolute Gasteiger partial charge is 0.383 e. The van der Waals surface area contributed by atoms with Crippen LogP contribution in [0.2, 0.25) is 0 Å². The van der Waals surface area contributed by atoms with E-state index in [1.807, 2.05) is 10.8 Å². The second-order valence-corrected chi connectivity index (χ2v) is 12.2. The minimum atomic E-state index is -4.55. The molecule has 3 aromatic heterocycles. The van der Waals surface area contributed by atoms with Crippen LogP contribution < -0.4 is 16.4 Å². The van der Waals surface area contributed by atoms with Crippen molar-refractivity contribution in [1.82, 2.24) is 30.0 Å². The van der Waals surface area contributed by atoms with Crippen LogP contribution in [0, 0.1) is 5.92 Å². The molecule has 3 aliphatic rings. The fraction of sp³-hybridized carbons (Fsp3) is 0.364. The lowest BCUT2D eigenvalue weighted by Crippen LogP contribution is -2.42. The van der Waals surface area contributed by atoms with Crippen molar-refractivity contribution in [1.29, 1.82) is 0 Å². The summed E-state index contributed by atoms with van der Waals surface area (Å²) in [6.07, 6.45) is 6.71. The molecule has 5 heterocycles. The fourth-order valence-corrected chi connectivity index (χ4v) is 6.83. The molecule has 0 radical (unpaired) electrons. The molecule has 1 aromatic carbocycles. The number of benzene rings is 1. The number of halogens is 3. The third kappa shape index (κ3) is 5.82. The van der Waals surface area contributed by atoms with Crippen molar-refractivity contribution >= 4 is 40.4 Å². The second kappa shape index (κ2) is 11.9. The Bertz CT molecular complexity index is 1840. The van der Waals surface area contributed by atoms with Crippen molar-refractivity contribution in [3.05, 3.63) is 71.6 Å². The molecule has 2 amide bonds. The minimum Gasteiger partial charge on any atom is -0.383 e. The molecule has 7 rings (SSSR count). The number of nitrogens with two attached hydrogens (primary N) is 1. The van der Waals surface area contributed by atoms with Crippen molar-refractivity contribution in [3.8, 4) is 11.3 Å². The maximum Gasteiger partial charge on any atom is 0.416 e. The van der Waals surface area contributed by atoms with Crippen molar-refractivity contribution in [2.24, 2.45) is 5.92 Å². The molecule has 10 nitrogen and oxygen atoms in total. The number of pyridine rings is 2. The molecule has 4 N–H and O–H groups in total. The molecule has 46 heavy (non-hydrogen) atoms. The van der Waals surface area contributed by atoms with E-state index < -0.39 is 17.6 Å². The molecule has 4 bridgehead atoms. The zero-order valence-electron chi connectivity index (χ0n) is 24.9. The maximum atomic E-state index is 13.1. The van der Waals surface area contributed by atoms with Crippen LogP contribution in [-0.4, -0.2) is 62.1 Å². The van der Waals surface area contributed by atoms with Crippen molar-refractivity contribution < 1.29 is 22.8 Å². The van der Waals surface area contributed by atoms with E-state index in [2.05, 4.69) is 31.6 Å². The van der Waals surface area contributed by atoms with Gasteiger partial charge in [-0.3, -0.25) is 19.2 Å². The van der Waals surface area contributed by atoms with Crippen LogP contribution in [-0.2, 0) is 11.0 Å². The molecule has 2 fully saturated rings. The van der Waals surface area contributed by atoms with Gasteiger partial charge in [-0.1, -0.05) is 24.3 Å². The van der Waals surface area contributed by atoms with Crippen LogP contribution in [0.4, 0.5) is 24.8 Å². The molecule has 1 aliphatic carbocycles. The summed E-state index contributed by atoms with van der Waals surface area (Å²) in [5.74, 6) is -0.341. The maximum absolute atomic E-state index is 13.1. The van der Waals surface area contributed by atoms with Gasteiger partial charge in [-0.05, 0) is 62.9 Å². The van der Waals surface area contributed by atoms with Crippen molar-refractivity contribution in [3.63, 3.8) is 0 Å². The summed E-state index contributed by atoms with van der Waals surface area (Å²) in [6.45, 7) is 2.33. The van der Waals surface area contributed by atoms with E-state index in [0.29, 0.717) is 29.0 Å². The third-order valence-electron chi connectivity index (χ3n) is 9.18. The van der Waals surface area contributed by atoms with Gasteiger partial charge in [0.15, 0.2) is 0 Å². The van der Waals surface area contributed by atoms with Crippen molar-refractivity contribution in [2.45, 2.75) is 50.4 Å². The molecule has 238 valence electrons.